The van der Waals surface area contributed by atoms with E-state index in [0.29, 0.717) is 66.1 Å². The molecule has 3 aromatic carbocycles. The number of hydrogen-bond acceptors (Lipinski definition) is 8. The lowest BCUT2D eigenvalue weighted by Crippen LogP contribution is -2.23. The quantitative estimate of drug-likeness (QED) is 0.229. The van der Waals surface area contributed by atoms with Gasteiger partial charge in [-0.1, -0.05) is 26.0 Å². The second-order valence-electron chi connectivity index (χ2n) is 10.5. The molecule has 1 aliphatic rings. The predicted octanol–water partition coefficient (Wildman–Crippen LogP) is 4.84. The van der Waals surface area contributed by atoms with Crippen LogP contribution in [-0.4, -0.2) is 36.0 Å². The van der Waals surface area contributed by atoms with Crippen LogP contribution in [0.2, 0.25) is 0 Å². The number of fused-ring (bicyclic) bond motifs is 1. The fourth-order valence-electron chi connectivity index (χ4n) is 4.86. The van der Waals surface area contributed by atoms with Crippen LogP contribution in [0.15, 0.2) is 77.7 Å². The maximum absolute atomic E-state index is 13.5. The number of ether oxygens (including phenoxy) is 4. The number of benzene rings is 3. The normalized spacial score (nSPS) is 12.2. The van der Waals surface area contributed by atoms with E-state index < -0.39 is 0 Å². The lowest BCUT2D eigenvalue weighted by Gasteiger charge is -2.20. The van der Waals surface area contributed by atoms with Crippen LogP contribution in [0.1, 0.15) is 47.6 Å². The summed E-state index contributed by atoms with van der Waals surface area (Å²) >= 11 is 0. The maximum atomic E-state index is 13.5. The Balaban J connectivity index is 1.41. The van der Waals surface area contributed by atoms with Gasteiger partial charge in [0.2, 0.25) is 0 Å². The van der Waals surface area contributed by atoms with Crippen LogP contribution in [0.25, 0.3) is 5.69 Å². The van der Waals surface area contributed by atoms with Crippen LogP contribution < -0.4 is 29.8 Å². The van der Waals surface area contributed by atoms with Gasteiger partial charge in [-0.2, -0.15) is 5.26 Å². The highest BCUT2D eigenvalue weighted by Gasteiger charge is 2.17. The summed E-state index contributed by atoms with van der Waals surface area (Å²) in [7, 11) is 0. The van der Waals surface area contributed by atoms with Crippen LogP contribution in [0.3, 0.4) is 0 Å². The summed E-state index contributed by atoms with van der Waals surface area (Å²) in [6.45, 7) is 6.42. The van der Waals surface area contributed by atoms with E-state index in [1.54, 1.807) is 35.0 Å². The van der Waals surface area contributed by atoms with Crippen molar-refractivity contribution in [3.05, 3.63) is 111 Å². The molecule has 9 nitrogen and oxygen atoms in total. The van der Waals surface area contributed by atoms with E-state index in [1.165, 1.54) is 0 Å². The van der Waals surface area contributed by atoms with Crippen molar-refractivity contribution in [1.29, 1.82) is 5.26 Å². The molecule has 2 heterocycles. The van der Waals surface area contributed by atoms with Gasteiger partial charge >= 0.3 is 0 Å². The molecule has 0 aliphatic carbocycles. The van der Waals surface area contributed by atoms with E-state index in [-0.39, 0.29) is 31.3 Å². The Kier molecular flexibility index (Phi) is 9.62. The number of aliphatic hydroxyl groups is 1. The molecule has 0 atom stereocenters. The highest BCUT2D eigenvalue weighted by Crippen LogP contribution is 2.35. The second kappa shape index (κ2) is 13.9. The number of pyridine rings is 1. The number of aromatic nitrogens is 1. The first-order valence-electron chi connectivity index (χ1n) is 14.3. The average molecular weight is 582 g/mol. The third-order valence-electron chi connectivity index (χ3n) is 7.08. The Morgan fingerprint density at radius 2 is 1.77 bits per heavy atom. The Morgan fingerprint density at radius 3 is 2.56 bits per heavy atom. The number of nitrogens with one attached hydrogen (secondary N) is 1. The summed E-state index contributed by atoms with van der Waals surface area (Å²) < 4.78 is 25.4. The molecule has 222 valence electrons. The molecule has 0 bridgehead atoms. The smallest absolute Gasteiger partial charge is 0.261 e. The maximum Gasteiger partial charge on any atom is 0.261 e. The topological polar surface area (TPSA) is 115 Å². The fraction of sp³-hybridized carbons (Fsp3) is 0.294. The fourth-order valence-corrected chi connectivity index (χ4v) is 4.86. The summed E-state index contributed by atoms with van der Waals surface area (Å²) in [4.78, 5) is 13.5. The molecule has 43 heavy (non-hydrogen) atoms. The van der Waals surface area contributed by atoms with Crippen molar-refractivity contribution < 1.29 is 24.1 Å². The molecule has 0 unspecified atom stereocenters. The van der Waals surface area contributed by atoms with E-state index in [1.807, 2.05) is 42.5 Å². The molecule has 0 saturated carbocycles. The summed E-state index contributed by atoms with van der Waals surface area (Å²) in [5.74, 6) is 2.65. The van der Waals surface area contributed by atoms with Gasteiger partial charge in [0.05, 0.1) is 29.5 Å². The van der Waals surface area contributed by atoms with Crippen LogP contribution in [-0.2, 0) is 19.8 Å². The first-order valence-corrected chi connectivity index (χ1v) is 14.3. The van der Waals surface area contributed by atoms with Crippen molar-refractivity contribution in [2.24, 2.45) is 0 Å². The zero-order chi connectivity index (χ0) is 30.2. The van der Waals surface area contributed by atoms with Crippen LogP contribution in [0.4, 0.5) is 0 Å². The standard InChI is InChI=1S/C34H35N3O6/c1-23(2)29-16-27(20-36-10-12-38)31(42-21-25-6-3-5-24(15-25)19-35)18-32(29)43-22-26-7-4-11-37(34(26)39)28-8-9-30-33(17-28)41-14-13-40-30/h3-9,11,15-18,23,36,38H,10,12-14,20-22H2,1-2H3. The van der Waals surface area contributed by atoms with E-state index in [4.69, 9.17) is 18.9 Å². The minimum Gasteiger partial charge on any atom is -0.488 e. The molecule has 2 N–H and O–H groups in total. The Bertz CT molecular complexity index is 1670. The lowest BCUT2D eigenvalue weighted by molar-refractivity contribution is 0.171. The van der Waals surface area contributed by atoms with Crippen molar-refractivity contribution in [3.63, 3.8) is 0 Å². The predicted molar refractivity (Wildman–Crippen MR) is 162 cm³/mol. The third kappa shape index (κ3) is 7.17. The van der Waals surface area contributed by atoms with Crippen LogP contribution in [0.5, 0.6) is 23.0 Å². The van der Waals surface area contributed by atoms with E-state index in [2.05, 4.69) is 25.2 Å². The van der Waals surface area contributed by atoms with Crippen molar-refractivity contribution in [1.82, 2.24) is 9.88 Å². The van der Waals surface area contributed by atoms with Gasteiger partial charge in [0.25, 0.3) is 5.56 Å². The Hall–Kier alpha value is -4.78. The summed E-state index contributed by atoms with van der Waals surface area (Å²) in [5.41, 5.74) is 4.31. The number of nitrogens with zero attached hydrogens (tertiary/aromatic N) is 2. The molecule has 0 spiro atoms. The van der Waals surface area contributed by atoms with E-state index in [9.17, 15) is 15.2 Å². The third-order valence-corrected chi connectivity index (χ3v) is 7.08. The summed E-state index contributed by atoms with van der Waals surface area (Å²) in [6.07, 6.45) is 1.72. The summed E-state index contributed by atoms with van der Waals surface area (Å²) in [5, 5.41) is 21.8. The number of nitriles is 1. The van der Waals surface area contributed by atoms with Gasteiger partial charge in [-0.25, -0.2) is 0 Å². The van der Waals surface area contributed by atoms with Crippen molar-refractivity contribution >= 4 is 0 Å². The number of hydrogen-bond donors (Lipinski definition) is 2. The van der Waals surface area contributed by atoms with Gasteiger partial charge in [-0.15, -0.1) is 0 Å². The largest absolute Gasteiger partial charge is 0.488 e. The highest BCUT2D eigenvalue weighted by molar-refractivity contribution is 5.50. The molecule has 5 rings (SSSR count). The molecule has 1 aromatic heterocycles. The van der Waals surface area contributed by atoms with Gasteiger partial charge in [-0.05, 0) is 59.5 Å². The molecule has 9 heteroatoms. The lowest BCUT2D eigenvalue weighted by atomic mass is 9.98. The monoisotopic (exact) mass is 581 g/mol. The molecule has 1 aliphatic heterocycles. The van der Waals surface area contributed by atoms with Gasteiger partial charge in [0.1, 0.15) is 37.9 Å². The van der Waals surface area contributed by atoms with Crippen molar-refractivity contribution in [2.75, 3.05) is 26.4 Å². The molecule has 4 aromatic rings. The Labute approximate surface area is 250 Å². The molecular formula is C34H35N3O6. The molecule has 0 fully saturated rings. The summed E-state index contributed by atoms with van der Waals surface area (Å²) in [6, 6.07) is 22.4. The number of aliphatic hydroxyl groups excluding tert-OH is 1. The van der Waals surface area contributed by atoms with Crippen molar-refractivity contribution in [3.8, 4) is 34.8 Å². The van der Waals surface area contributed by atoms with Crippen LogP contribution >= 0.6 is 0 Å². The molecule has 0 radical (unpaired) electrons. The number of rotatable bonds is 12. The molecular weight excluding hydrogens is 546 g/mol. The first kappa shape index (κ1) is 29.7. The van der Waals surface area contributed by atoms with Gasteiger partial charge in [0.15, 0.2) is 11.5 Å². The minimum atomic E-state index is -0.191. The van der Waals surface area contributed by atoms with Gasteiger partial charge in [0, 0.05) is 37.0 Å². The van der Waals surface area contributed by atoms with Crippen LogP contribution in [0, 0.1) is 11.3 Å². The zero-order valence-corrected chi connectivity index (χ0v) is 24.3. The van der Waals surface area contributed by atoms with Gasteiger partial charge in [-0.3, -0.25) is 9.36 Å². The Morgan fingerprint density at radius 1 is 0.953 bits per heavy atom. The van der Waals surface area contributed by atoms with E-state index >= 15 is 0 Å². The van der Waals surface area contributed by atoms with Gasteiger partial charge < -0.3 is 29.4 Å². The first-order chi connectivity index (χ1) is 21.0. The highest BCUT2D eigenvalue weighted by atomic mass is 16.6. The average Bonchev–Trinajstić information content (AvgIpc) is 3.03. The minimum absolute atomic E-state index is 0.0240. The van der Waals surface area contributed by atoms with E-state index in [0.717, 1.165) is 16.7 Å². The molecule has 0 saturated heterocycles. The van der Waals surface area contributed by atoms with Crippen molar-refractivity contribution in [2.45, 2.75) is 39.5 Å². The zero-order valence-electron chi connectivity index (χ0n) is 24.3. The second-order valence-corrected chi connectivity index (χ2v) is 10.5. The molecule has 0 amide bonds. The SMILES string of the molecule is CC(C)c1cc(CNCCO)c(OCc2cccc(C#N)c2)cc1OCc1cccn(-c2ccc3c(c2)OCCO3)c1=O.